The van der Waals surface area contributed by atoms with E-state index in [-0.39, 0.29) is 36.7 Å². The number of nitrogens with one attached hydrogen (secondary N) is 3. The minimum Gasteiger partial charge on any atom is -0.391 e. The van der Waals surface area contributed by atoms with E-state index in [9.17, 15) is 19.5 Å². The first-order valence-corrected chi connectivity index (χ1v) is 8.31. The number of aliphatic hydroxyl groups excluding tert-OH is 1. The standard InChI is InChI=1S/C15H24N4O4/c20-11-9-16-7-10(11)8-17-12(21)3-6-19-13(22)15(18-14(19)23)4-1-2-5-15/h10-11,16,20H,1-9H2,(H,17,21)(H,18,23). The first-order chi connectivity index (χ1) is 11.0. The molecule has 2 heterocycles. The van der Waals surface area contributed by atoms with Gasteiger partial charge in [0, 0.05) is 38.5 Å². The molecule has 2 atom stereocenters. The molecule has 0 radical (unpaired) electrons. The summed E-state index contributed by atoms with van der Waals surface area (Å²) in [5.74, 6) is -0.391. The van der Waals surface area contributed by atoms with Crippen molar-refractivity contribution in [1.29, 1.82) is 0 Å². The molecule has 0 bridgehead atoms. The lowest BCUT2D eigenvalue weighted by molar-refractivity contribution is -0.131. The Balaban J connectivity index is 1.45. The van der Waals surface area contributed by atoms with Gasteiger partial charge in [0.25, 0.3) is 5.91 Å². The largest absolute Gasteiger partial charge is 0.391 e. The highest BCUT2D eigenvalue weighted by molar-refractivity contribution is 6.07. The van der Waals surface area contributed by atoms with Crippen LogP contribution >= 0.6 is 0 Å². The molecule has 23 heavy (non-hydrogen) atoms. The topological polar surface area (TPSA) is 111 Å². The van der Waals surface area contributed by atoms with Crippen LogP contribution in [0.4, 0.5) is 4.79 Å². The molecule has 8 heteroatoms. The lowest BCUT2D eigenvalue weighted by Crippen LogP contribution is -2.44. The normalized spacial score (nSPS) is 29.3. The highest BCUT2D eigenvalue weighted by Gasteiger charge is 2.52. The van der Waals surface area contributed by atoms with E-state index in [1.807, 2.05) is 0 Å². The van der Waals surface area contributed by atoms with Crippen molar-refractivity contribution in [3.05, 3.63) is 0 Å². The van der Waals surface area contributed by atoms with Gasteiger partial charge in [0.2, 0.25) is 5.91 Å². The van der Waals surface area contributed by atoms with Crippen LogP contribution in [-0.2, 0) is 9.59 Å². The van der Waals surface area contributed by atoms with Crippen LogP contribution in [0.1, 0.15) is 32.1 Å². The quantitative estimate of drug-likeness (QED) is 0.482. The summed E-state index contributed by atoms with van der Waals surface area (Å²) in [6, 6.07) is -0.389. The molecule has 3 fully saturated rings. The summed E-state index contributed by atoms with van der Waals surface area (Å²) in [4.78, 5) is 37.5. The first kappa shape index (κ1) is 16.2. The Bertz CT molecular complexity index is 504. The van der Waals surface area contributed by atoms with Crippen molar-refractivity contribution in [3.8, 4) is 0 Å². The minimum absolute atomic E-state index is 0.0115. The van der Waals surface area contributed by atoms with Crippen LogP contribution < -0.4 is 16.0 Å². The van der Waals surface area contributed by atoms with Crippen LogP contribution in [0, 0.1) is 5.92 Å². The molecule has 1 aliphatic carbocycles. The Morgan fingerprint density at radius 2 is 2.04 bits per heavy atom. The van der Waals surface area contributed by atoms with Crippen molar-refractivity contribution in [2.75, 3.05) is 26.2 Å². The van der Waals surface area contributed by atoms with E-state index >= 15 is 0 Å². The molecule has 3 rings (SSSR count). The highest BCUT2D eigenvalue weighted by atomic mass is 16.3. The molecule has 3 aliphatic rings. The van der Waals surface area contributed by atoms with Gasteiger partial charge >= 0.3 is 6.03 Å². The zero-order chi connectivity index (χ0) is 16.4. The molecule has 4 amide bonds. The smallest absolute Gasteiger partial charge is 0.325 e. The predicted octanol–water partition coefficient (Wildman–Crippen LogP) is -1.06. The number of carbonyl (C=O) groups is 3. The maximum atomic E-state index is 12.4. The van der Waals surface area contributed by atoms with Gasteiger partial charge in [0.05, 0.1) is 6.10 Å². The van der Waals surface area contributed by atoms with Crippen molar-refractivity contribution in [2.24, 2.45) is 5.92 Å². The number of hydrogen-bond donors (Lipinski definition) is 4. The average Bonchev–Trinajstić information content (AvgIpc) is 3.19. The third kappa shape index (κ3) is 3.18. The van der Waals surface area contributed by atoms with E-state index < -0.39 is 11.6 Å². The van der Waals surface area contributed by atoms with E-state index in [2.05, 4.69) is 16.0 Å². The molecular formula is C15H24N4O4. The Kier molecular flexibility index (Phi) is 4.54. The van der Waals surface area contributed by atoms with E-state index in [1.54, 1.807) is 0 Å². The van der Waals surface area contributed by atoms with E-state index in [0.29, 0.717) is 32.5 Å². The Labute approximate surface area is 135 Å². The second-order valence-corrected chi connectivity index (χ2v) is 6.72. The second-order valence-electron chi connectivity index (χ2n) is 6.72. The summed E-state index contributed by atoms with van der Waals surface area (Å²) in [5.41, 5.74) is -0.715. The van der Waals surface area contributed by atoms with Gasteiger partial charge in [0.1, 0.15) is 5.54 Å². The zero-order valence-corrected chi connectivity index (χ0v) is 13.1. The Hall–Kier alpha value is -1.67. The molecule has 8 nitrogen and oxygen atoms in total. The third-order valence-electron chi connectivity index (χ3n) is 5.13. The minimum atomic E-state index is -0.715. The number of imide groups is 1. The maximum absolute atomic E-state index is 12.4. The van der Waals surface area contributed by atoms with Crippen LogP contribution in [0.3, 0.4) is 0 Å². The van der Waals surface area contributed by atoms with E-state index in [4.69, 9.17) is 0 Å². The average molecular weight is 324 g/mol. The lowest BCUT2D eigenvalue weighted by atomic mass is 9.98. The molecule has 0 aromatic carbocycles. The summed E-state index contributed by atoms with van der Waals surface area (Å²) in [5, 5.41) is 18.3. The number of carbonyl (C=O) groups excluding carboxylic acids is 3. The summed E-state index contributed by atoms with van der Waals surface area (Å²) < 4.78 is 0. The first-order valence-electron chi connectivity index (χ1n) is 8.31. The van der Waals surface area contributed by atoms with E-state index in [1.165, 1.54) is 0 Å². The summed E-state index contributed by atoms with van der Waals surface area (Å²) >= 11 is 0. The molecule has 4 N–H and O–H groups in total. The summed E-state index contributed by atoms with van der Waals surface area (Å²) in [6.07, 6.45) is 2.91. The van der Waals surface area contributed by atoms with Crippen molar-refractivity contribution in [3.63, 3.8) is 0 Å². The molecule has 2 unspecified atom stereocenters. The number of nitrogens with zero attached hydrogens (tertiary/aromatic N) is 1. The number of aliphatic hydroxyl groups is 1. The van der Waals surface area contributed by atoms with Crippen LogP contribution in [-0.4, -0.2) is 65.7 Å². The highest BCUT2D eigenvalue weighted by Crippen LogP contribution is 2.34. The fourth-order valence-corrected chi connectivity index (χ4v) is 3.67. The summed E-state index contributed by atoms with van der Waals surface area (Å²) in [7, 11) is 0. The van der Waals surface area contributed by atoms with E-state index in [0.717, 1.165) is 17.7 Å². The molecule has 0 aromatic rings. The van der Waals surface area contributed by atoms with Crippen LogP contribution in [0.25, 0.3) is 0 Å². The number of β-amino-alcohol motifs (C(OH)–C–C–N with tert-alkyl or cyclic N) is 1. The predicted molar refractivity (Wildman–Crippen MR) is 81.4 cm³/mol. The monoisotopic (exact) mass is 324 g/mol. The fraction of sp³-hybridized carbons (Fsp3) is 0.800. The summed E-state index contributed by atoms with van der Waals surface area (Å²) in [6.45, 7) is 1.73. The van der Waals surface area contributed by atoms with Crippen molar-refractivity contribution < 1.29 is 19.5 Å². The Morgan fingerprint density at radius 3 is 2.70 bits per heavy atom. The Morgan fingerprint density at radius 1 is 1.30 bits per heavy atom. The molecule has 128 valence electrons. The van der Waals surface area contributed by atoms with Gasteiger partial charge in [-0.1, -0.05) is 12.8 Å². The number of urea groups is 1. The second kappa shape index (κ2) is 6.45. The van der Waals surface area contributed by atoms with Crippen molar-refractivity contribution >= 4 is 17.8 Å². The molecule has 0 aromatic heterocycles. The van der Waals surface area contributed by atoms with Crippen LogP contribution in [0.15, 0.2) is 0 Å². The van der Waals surface area contributed by atoms with Gasteiger partial charge in [-0.3, -0.25) is 14.5 Å². The van der Waals surface area contributed by atoms with Gasteiger partial charge in [0.15, 0.2) is 0 Å². The molecule has 1 spiro atoms. The number of rotatable bonds is 5. The number of hydrogen-bond acceptors (Lipinski definition) is 5. The third-order valence-corrected chi connectivity index (χ3v) is 5.13. The fourth-order valence-electron chi connectivity index (χ4n) is 3.67. The number of amides is 4. The maximum Gasteiger partial charge on any atom is 0.325 e. The van der Waals surface area contributed by atoms with Crippen molar-refractivity contribution in [1.82, 2.24) is 20.9 Å². The van der Waals surface area contributed by atoms with Gasteiger partial charge < -0.3 is 21.1 Å². The van der Waals surface area contributed by atoms with Crippen molar-refractivity contribution in [2.45, 2.75) is 43.7 Å². The van der Waals surface area contributed by atoms with Gasteiger partial charge in [-0.15, -0.1) is 0 Å². The molecule has 2 aliphatic heterocycles. The SMILES string of the molecule is O=C(CCN1C(=O)NC2(CCCC2)C1=O)NCC1CNCC1O. The van der Waals surface area contributed by atoms with Gasteiger partial charge in [-0.25, -0.2) is 4.79 Å². The zero-order valence-electron chi connectivity index (χ0n) is 13.1. The molecular weight excluding hydrogens is 300 g/mol. The van der Waals surface area contributed by atoms with Gasteiger partial charge in [-0.2, -0.15) is 0 Å². The molecule has 1 saturated carbocycles. The molecule has 2 saturated heterocycles. The lowest BCUT2D eigenvalue weighted by Gasteiger charge is -2.20. The van der Waals surface area contributed by atoms with Crippen LogP contribution in [0.5, 0.6) is 0 Å². The van der Waals surface area contributed by atoms with Crippen LogP contribution in [0.2, 0.25) is 0 Å². The van der Waals surface area contributed by atoms with Gasteiger partial charge in [-0.05, 0) is 12.8 Å².